The molecule has 2 N–H and O–H groups in total. The Kier molecular flexibility index (Phi) is 5.55. The summed E-state index contributed by atoms with van der Waals surface area (Å²) in [6, 6.07) is 0. The average molecular weight is 279 g/mol. The third-order valence-electron chi connectivity index (χ3n) is 3.28. The van der Waals surface area contributed by atoms with Gasteiger partial charge in [0.2, 0.25) is 10.0 Å². The minimum Gasteiger partial charge on any atom is -0.465 e. The van der Waals surface area contributed by atoms with Gasteiger partial charge in [-0.3, -0.25) is 4.79 Å². The van der Waals surface area contributed by atoms with Gasteiger partial charge in [-0.2, -0.15) is 0 Å². The highest BCUT2D eigenvalue weighted by Gasteiger charge is 2.34. The molecule has 0 bridgehead atoms. The smallest absolute Gasteiger partial charge is 0.322 e. The van der Waals surface area contributed by atoms with Crippen molar-refractivity contribution in [3.05, 3.63) is 0 Å². The van der Waals surface area contributed by atoms with Gasteiger partial charge in [-0.25, -0.2) is 13.1 Å². The Morgan fingerprint density at radius 3 is 2.50 bits per heavy atom. The van der Waals surface area contributed by atoms with E-state index in [0.29, 0.717) is 0 Å². The monoisotopic (exact) mass is 279 g/mol. The van der Waals surface area contributed by atoms with Crippen LogP contribution in [0.15, 0.2) is 0 Å². The normalized spacial score (nSPS) is 18.8. The zero-order chi connectivity index (χ0) is 13.6. The van der Waals surface area contributed by atoms with Gasteiger partial charge in [0.05, 0.1) is 6.61 Å². The van der Waals surface area contributed by atoms with Crippen LogP contribution < -0.4 is 4.72 Å². The first-order valence-corrected chi connectivity index (χ1v) is 7.82. The number of esters is 1. The maximum absolute atomic E-state index is 11.6. The summed E-state index contributed by atoms with van der Waals surface area (Å²) in [5, 5.41) is 9.35. The zero-order valence-electron chi connectivity index (χ0n) is 10.6. The van der Waals surface area contributed by atoms with Crippen molar-refractivity contribution in [1.29, 1.82) is 0 Å². The van der Waals surface area contributed by atoms with Crippen molar-refractivity contribution in [2.75, 3.05) is 25.5 Å². The molecule has 0 aromatic rings. The lowest BCUT2D eigenvalue weighted by Crippen LogP contribution is -2.40. The fourth-order valence-electron chi connectivity index (χ4n) is 2.19. The highest BCUT2D eigenvalue weighted by molar-refractivity contribution is 7.90. The van der Waals surface area contributed by atoms with E-state index >= 15 is 0 Å². The van der Waals surface area contributed by atoms with Crippen molar-refractivity contribution in [3.8, 4) is 0 Å². The predicted octanol–water partition coefficient (Wildman–Crippen LogP) is 0.0216. The van der Waals surface area contributed by atoms with Crippen LogP contribution in [-0.2, 0) is 19.6 Å². The zero-order valence-corrected chi connectivity index (χ0v) is 11.5. The molecule has 0 radical (unpaired) electrons. The molecule has 0 amide bonds. The first-order chi connectivity index (χ1) is 8.43. The van der Waals surface area contributed by atoms with Gasteiger partial charge >= 0.3 is 5.97 Å². The summed E-state index contributed by atoms with van der Waals surface area (Å²) in [4.78, 5) is 11.1. The Labute approximate surface area is 108 Å². The van der Waals surface area contributed by atoms with Crippen LogP contribution in [0, 0.1) is 5.41 Å². The second kappa shape index (κ2) is 6.49. The van der Waals surface area contributed by atoms with Crippen molar-refractivity contribution in [2.24, 2.45) is 5.41 Å². The summed E-state index contributed by atoms with van der Waals surface area (Å²) in [7, 11) is -3.67. The fourth-order valence-corrected chi connectivity index (χ4v) is 3.21. The van der Waals surface area contributed by atoms with Gasteiger partial charge in [0.15, 0.2) is 5.75 Å². The first kappa shape index (κ1) is 15.4. The molecule has 0 aromatic heterocycles. The van der Waals surface area contributed by atoms with E-state index in [1.807, 2.05) is 0 Å². The summed E-state index contributed by atoms with van der Waals surface area (Å²) >= 11 is 0. The Morgan fingerprint density at radius 2 is 2.00 bits per heavy atom. The van der Waals surface area contributed by atoms with Crippen molar-refractivity contribution < 1.29 is 23.1 Å². The number of rotatable bonds is 7. The largest absolute Gasteiger partial charge is 0.465 e. The van der Waals surface area contributed by atoms with Gasteiger partial charge in [0.25, 0.3) is 0 Å². The molecule has 6 nitrogen and oxygen atoms in total. The topological polar surface area (TPSA) is 92.7 Å². The van der Waals surface area contributed by atoms with E-state index in [-0.39, 0.29) is 25.2 Å². The molecule has 7 heteroatoms. The van der Waals surface area contributed by atoms with Gasteiger partial charge in [-0.1, -0.05) is 12.8 Å². The minimum absolute atomic E-state index is 0.0328. The number of aliphatic hydroxyl groups excluding tert-OH is 1. The highest BCUT2D eigenvalue weighted by atomic mass is 32.2. The number of aliphatic hydroxyl groups is 1. The Bertz CT molecular complexity index is 373. The summed E-state index contributed by atoms with van der Waals surface area (Å²) < 4.78 is 30.3. The molecular formula is C11H21NO5S. The minimum atomic E-state index is -3.67. The number of carbonyl (C=O) groups is 1. The number of hydrogen-bond donors (Lipinski definition) is 2. The predicted molar refractivity (Wildman–Crippen MR) is 66.4 cm³/mol. The molecule has 0 saturated heterocycles. The molecule has 0 aliphatic heterocycles. The van der Waals surface area contributed by atoms with Gasteiger partial charge in [0, 0.05) is 18.6 Å². The maximum Gasteiger partial charge on any atom is 0.322 e. The van der Waals surface area contributed by atoms with Crippen LogP contribution in [0.2, 0.25) is 0 Å². The first-order valence-electron chi connectivity index (χ1n) is 6.17. The fraction of sp³-hybridized carbons (Fsp3) is 0.909. The third-order valence-corrected chi connectivity index (χ3v) is 4.48. The number of hydrogen-bond acceptors (Lipinski definition) is 5. The van der Waals surface area contributed by atoms with Crippen LogP contribution in [0.1, 0.15) is 32.6 Å². The number of sulfonamides is 1. The van der Waals surface area contributed by atoms with Crippen LogP contribution in [0.4, 0.5) is 0 Å². The molecule has 0 aromatic carbocycles. The Balaban J connectivity index is 2.48. The van der Waals surface area contributed by atoms with Gasteiger partial charge in [0.1, 0.15) is 0 Å². The average Bonchev–Trinajstić information content (AvgIpc) is 2.75. The summed E-state index contributed by atoms with van der Waals surface area (Å²) in [6.45, 7) is 1.94. The summed E-state index contributed by atoms with van der Waals surface area (Å²) in [6.07, 6.45) is 3.62. The molecule has 1 saturated carbocycles. The lowest BCUT2D eigenvalue weighted by molar-refractivity contribution is -0.139. The van der Waals surface area contributed by atoms with Crippen molar-refractivity contribution in [1.82, 2.24) is 4.72 Å². The van der Waals surface area contributed by atoms with Gasteiger partial charge < -0.3 is 9.84 Å². The summed E-state index contributed by atoms with van der Waals surface area (Å²) in [5.74, 6) is -1.42. The Hall–Kier alpha value is -0.660. The molecule has 0 atom stereocenters. The number of carbonyl (C=O) groups excluding carboxylic acids is 1. The van der Waals surface area contributed by atoms with E-state index < -0.39 is 21.7 Å². The van der Waals surface area contributed by atoms with Crippen molar-refractivity contribution in [2.45, 2.75) is 32.6 Å². The van der Waals surface area contributed by atoms with E-state index in [0.717, 1.165) is 25.7 Å². The van der Waals surface area contributed by atoms with Crippen LogP contribution in [-0.4, -0.2) is 45.0 Å². The molecule has 0 heterocycles. The van der Waals surface area contributed by atoms with Crippen LogP contribution in [0.5, 0.6) is 0 Å². The molecule has 1 aliphatic carbocycles. The van der Waals surface area contributed by atoms with E-state index in [1.165, 1.54) is 0 Å². The summed E-state index contributed by atoms with van der Waals surface area (Å²) in [5.41, 5.74) is -0.359. The van der Waals surface area contributed by atoms with Crippen LogP contribution in [0.25, 0.3) is 0 Å². The molecule has 0 spiro atoms. The van der Waals surface area contributed by atoms with E-state index in [9.17, 15) is 18.3 Å². The van der Waals surface area contributed by atoms with Crippen molar-refractivity contribution in [3.63, 3.8) is 0 Å². The third kappa shape index (κ3) is 4.55. The maximum atomic E-state index is 11.6. The second-order valence-electron chi connectivity index (χ2n) is 4.75. The number of nitrogens with one attached hydrogen (secondary N) is 1. The highest BCUT2D eigenvalue weighted by Crippen LogP contribution is 2.36. The Morgan fingerprint density at radius 1 is 1.39 bits per heavy atom. The molecule has 0 unspecified atom stereocenters. The molecule has 1 fully saturated rings. The van der Waals surface area contributed by atoms with E-state index in [2.05, 4.69) is 9.46 Å². The van der Waals surface area contributed by atoms with Gasteiger partial charge in [-0.15, -0.1) is 0 Å². The lowest BCUT2D eigenvalue weighted by atomic mass is 9.88. The van der Waals surface area contributed by atoms with Crippen molar-refractivity contribution >= 4 is 16.0 Å². The van der Waals surface area contributed by atoms with E-state index in [4.69, 9.17) is 0 Å². The lowest BCUT2D eigenvalue weighted by Gasteiger charge is -2.26. The SMILES string of the molecule is CCOC(=O)CS(=O)(=O)NCC1(CO)CCCC1. The second-order valence-corrected chi connectivity index (χ2v) is 6.56. The molecule has 1 rings (SSSR count). The van der Waals surface area contributed by atoms with Gasteiger partial charge in [-0.05, 0) is 19.8 Å². The quantitative estimate of drug-likeness (QED) is 0.641. The molecule has 18 heavy (non-hydrogen) atoms. The molecule has 106 valence electrons. The molecule has 1 aliphatic rings. The molecular weight excluding hydrogens is 258 g/mol. The standard InChI is InChI=1S/C11H21NO5S/c1-2-17-10(14)7-18(15,16)12-8-11(9-13)5-3-4-6-11/h12-13H,2-9H2,1H3. The van der Waals surface area contributed by atoms with Crippen LogP contribution >= 0.6 is 0 Å². The number of ether oxygens (including phenoxy) is 1. The van der Waals surface area contributed by atoms with Crippen LogP contribution in [0.3, 0.4) is 0 Å². The van der Waals surface area contributed by atoms with E-state index in [1.54, 1.807) is 6.92 Å².